The molecule has 0 aliphatic heterocycles. The fraction of sp³-hybridized carbons (Fsp3) is 0.227. The van der Waals surface area contributed by atoms with Crippen LogP contribution in [-0.2, 0) is 6.54 Å². The van der Waals surface area contributed by atoms with Crippen molar-refractivity contribution < 1.29 is 9.53 Å². The summed E-state index contributed by atoms with van der Waals surface area (Å²) < 4.78 is 5.78. The largest absolute Gasteiger partial charge is 0.489 e. The highest BCUT2D eigenvalue weighted by molar-refractivity contribution is 5.93. The molecule has 3 rings (SSSR count). The van der Waals surface area contributed by atoms with Gasteiger partial charge in [-0.15, -0.1) is 0 Å². The van der Waals surface area contributed by atoms with E-state index in [4.69, 9.17) is 4.74 Å². The molecule has 144 valence electrons. The van der Waals surface area contributed by atoms with Crippen molar-refractivity contribution in [1.82, 2.24) is 15.3 Å². The van der Waals surface area contributed by atoms with Crippen LogP contribution in [0.4, 0.5) is 11.6 Å². The lowest BCUT2D eigenvalue weighted by Crippen LogP contribution is -2.23. The monoisotopic (exact) mass is 376 g/mol. The first-order valence-electron chi connectivity index (χ1n) is 9.20. The molecule has 6 heteroatoms. The second kappa shape index (κ2) is 8.99. The molecule has 0 fully saturated rings. The number of para-hydroxylation sites is 2. The summed E-state index contributed by atoms with van der Waals surface area (Å²) in [5, 5.41) is 6.00. The van der Waals surface area contributed by atoms with Gasteiger partial charge in [0.1, 0.15) is 5.75 Å². The number of carbonyl (C=O) groups is 1. The number of ether oxygens (including phenoxy) is 1. The number of benzene rings is 2. The van der Waals surface area contributed by atoms with Crippen molar-refractivity contribution in [3.63, 3.8) is 0 Å². The van der Waals surface area contributed by atoms with Crippen molar-refractivity contribution in [2.75, 3.05) is 5.32 Å². The highest BCUT2D eigenvalue weighted by atomic mass is 16.5. The van der Waals surface area contributed by atoms with E-state index in [1.807, 2.05) is 69.3 Å². The van der Waals surface area contributed by atoms with Crippen LogP contribution in [0.15, 0.2) is 60.9 Å². The second-order valence-corrected chi connectivity index (χ2v) is 6.75. The van der Waals surface area contributed by atoms with Gasteiger partial charge < -0.3 is 15.4 Å². The summed E-state index contributed by atoms with van der Waals surface area (Å²) in [7, 11) is 0. The van der Waals surface area contributed by atoms with E-state index in [1.165, 1.54) is 18.0 Å². The van der Waals surface area contributed by atoms with Crippen LogP contribution in [0.5, 0.6) is 5.75 Å². The van der Waals surface area contributed by atoms with Crippen LogP contribution in [0.3, 0.4) is 0 Å². The van der Waals surface area contributed by atoms with Gasteiger partial charge in [0.25, 0.3) is 5.91 Å². The highest BCUT2D eigenvalue weighted by Gasteiger charge is 2.09. The quantitative estimate of drug-likeness (QED) is 0.645. The van der Waals surface area contributed by atoms with Gasteiger partial charge in [0.2, 0.25) is 5.95 Å². The van der Waals surface area contributed by atoms with Crippen molar-refractivity contribution in [2.24, 2.45) is 0 Å². The van der Waals surface area contributed by atoms with Gasteiger partial charge in [-0.05, 0) is 38.5 Å². The van der Waals surface area contributed by atoms with Gasteiger partial charge in [-0.3, -0.25) is 4.79 Å². The normalized spacial score (nSPS) is 10.6. The molecule has 2 N–H and O–H groups in total. The molecule has 0 spiro atoms. The van der Waals surface area contributed by atoms with Crippen molar-refractivity contribution in [1.29, 1.82) is 0 Å². The molecule has 1 heterocycles. The summed E-state index contributed by atoms with van der Waals surface area (Å²) in [5.41, 5.74) is 3.41. The number of hydrogen-bond acceptors (Lipinski definition) is 5. The zero-order chi connectivity index (χ0) is 19.9. The Morgan fingerprint density at radius 1 is 1.04 bits per heavy atom. The van der Waals surface area contributed by atoms with Crippen LogP contribution in [0.25, 0.3) is 0 Å². The van der Waals surface area contributed by atoms with Crippen molar-refractivity contribution in [3.05, 3.63) is 77.6 Å². The van der Waals surface area contributed by atoms with Crippen LogP contribution in [0.2, 0.25) is 0 Å². The third-order valence-electron chi connectivity index (χ3n) is 3.98. The Balaban J connectivity index is 1.62. The molecule has 0 aliphatic rings. The smallest absolute Gasteiger partial charge is 0.254 e. The topological polar surface area (TPSA) is 76.1 Å². The van der Waals surface area contributed by atoms with Gasteiger partial charge in [-0.2, -0.15) is 0 Å². The van der Waals surface area contributed by atoms with Gasteiger partial charge in [-0.25, -0.2) is 9.97 Å². The number of rotatable bonds is 7. The fourth-order valence-electron chi connectivity index (χ4n) is 2.55. The maximum Gasteiger partial charge on any atom is 0.254 e. The summed E-state index contributed by atoms with van der Waals surface area (Å²) in [6.07, 6.45) is 3.07. The van der Waals surface area contributed by atoms with Crippen molar-refractivity contribution in [3.8, 4) is 5.75 Å². The minimum Gasteiger partial charge on any atom is -0.489 e. The number of nitrogens with one attached hydrogen (secondary N) is 2. The number of anilines is 2. The molecule has 0 atom stereocenters. The van der Waals surface area contributed by atoms with Gasteiger partial charge in [-0.1, -0.05) is 42.0 Å². The summed E-state index contributed by atoms with van der Waals surface area (Å²) in [4.78, 5) is 20.8. The molecule has 0 unspecified atom stereocenters. The minimum atomic E-state index is -0.212. The Kier molecular flexibility index (Phi) is 6.22. The zero-order valence-electron chi connectivity index (χ0n) is 16.3. The van der Waals surface area contributed by atoms with Crippen LogP contribution in [0, 0.1) is 6.92 Å². The third-order valence-corrected chi connectivity index (χ3v) is 3.98. The summed E-state index contributed by atoms with van der Waals surface area (Å²) in [6, 6.07) is 15.6. The van der Waals surface area contributed by atoms with Gasteiger partial charge >= 0.3 is 0 Å². The Morgan fingerprint density at radius 3 is 2.39 bits per heavy atom. The molecule has 0 saturated heterocycles. The maximum absolute atomic E-state index is 12.3. The van der Waals surface area contributed by atoms with E-state index in [2.05, 4.69) is 20.6 Å². The van der Waals surface area contributed by atoms with Crippen molar-refractivity contribution in [2.45, 2.75) is 33.4 Å². The molecule has 1 amide bonds. The molecule has 3 aromatic rings. The Labute approximate surface area is 165 Å². The SMILES string of the molecule is Cc1ccc(CNC(=O)c2cnc(Nc3ccccc3OC(C)C)nc2)cc1. The number of aromatic nitrogens is 2. The van der Waals surface area contributed by atoms with Crippen LogP contribution < -0.4 is 15.4 Å². The first-order valence-corrected chi connectivity index (χ1v) is 9.20. The van der Waals surface area contributed by atoms with E-state index in [1.54, 1.807) is 0 Å². The lowest BCUT2D eigenvalue weighted by atomic mass is 10.1. The van der Waals surface area contributed by atoms with Crippen molar-refractivity contribution >= 4 is 17.5 Å². The predicted molar refractivity (Wildman–Crippen MR) is 110 cm³/mol. The standard InChI is InChI=1S/C22H24N4O2/c1-15(2)28-20-7-5-4-6-19(20)26-22-24-13-18(14-25-22)21(27)23-12-17-10-8-16(3)9-11-17/h4-11,13-15H,12H2,1-3H3,(H,23,27)(H,24,25,26). The van der Waals surface area contributed by atoms with E-state index >= 15 is 0 Å². The highest BCUT2D eigenvalue weighted by Crippen LogP contribution is 2.26. The third kappa shape index (κ3) is 5.30. The van der Waals surface area contributed by atoms with E-state index in [0.717, 1.165) is 17.0 Å². The summed E-state index contributed by atoms with van der Waals surface area (Å²) in [5.74, 6) is 0.909. The molecule has 0 bridgehead atoms. The van der Waals surface area contributed by atoms with E-state index in [-0.39, 0.29) is 12.0 Å². The Bertz CT molecular complexity index is 922. The lowest BCUT2D eigenvalue weighted by molar-refractivity contribution is 0.0950. The van der Waals surface area contributed by atoms with E-state index in [0.29, 0.717) is 18.1 Å². The molecule has 0 saturated carbocycles. The lowest BCUT2D eigenvalue weighted by Gasteiger charge is -2.14. The first kappa shape index (κ1) is 19.4. The summed E-state index contributed by atoms with van der Waals surface area (Å²) >= 11 is 0. The predicted octanol–water partition coefficient (Wildman–Crippen LogP) is 4.25. The molecule has 28 heavy (non-hydrogen) atoms. The number of carbonyl (C=O) groups excluding carboxylic acids is 1. The fourth-order valence-corrected chi connectivity index (χ4v) is 2.55. The van der Waals surface area contributed by atoms with Crippen LogP contribution in [0.1, 0.15) is 35.3 Å². The van der Waals surface area contributed by atoms with Crippen LogP contribution in [-0.4, -0.2) is 22.0 Å². The van der Waals surface area contributed by atoms with Crippen LogP contribution >= 0.6 is 0 Å². The molecular formula is C22H24N4O2. The Hall–Kier alpha value is -3.41. The van der Waals surface area contributed by atoms with Gasteiger partial charge in [0.05, 0.1) is 17.4 Å². The molecule has 1 aromatic heterocycles. The Morgan fingerprint density at radius 2 is 1.71 bits per heavy atom. The molecular weight excluding hydrogens is 352 g/mol. The van der Waals surface area contributed by atoms with Gasteiger partial charge in [0, 0.05) is 18.9 Å². The second-order valence-electron chi connectivity index (χ2n) is 6.75. The molecule has 0 aliphatic carbocycles. The first-order chi connectivity index (χ1) is 13.5. The van der Waals surface area contributed by atoms with Gasteiger partial charge in [0.15, 0.2) is 0 Å². The minimum absolute atomic E-state index is 0.0588. The molecule has 0 radical (unpaired) electrons. The number of amides is 1. The average Bonchev–Trinajstić information content (AvgIpc) is 2.69. The average molecular weight is 376 g/mol. The zero-order valence-corrected chi connectivity index (χ0v) is 16.3. The summed E-state index contributed by atoms with van der Waals surface area (Å²) in [6.45, 7) is 6.43. The van der Waals surface area contributed by atoms with E-state index in [9.17, 15) is 4.79 Å². The number of hydrogen-bond donors (Lipinski definition) is 2. The van der Waals surface area contributed by atoms with E-state index < -0.39 is 0 Å². The molecule has 2 aromatic carbocycles. The number of aryl methyl sites for hydroxylation is 1. The maximum atomic E-state index is 12.3. The molecule has 6 nitrogen and oxygen atoms in total. The number of nitrogens with zero attached hydrogens (tertiary/aromatic N) is 2.